The molecule has 4 nitrogen and oxygen atoms in total. The molecule has 1 unspecified atom stereocenters. The van der Waals surface area contributed by atoms with E-state index < -0.39 is 6.10 Å². The van der Waals surface area contributed by atoms with Gasteiger partial charge in [0.25, 0.3) is 0 Å². The van der Waals surface area contributed by atoms with E-state index in [1.165, 1.54) is 0 Å². The van der Waals surface area contributed by atoms with E-state index in [1.807, 2.05) is 31.2 Å². The molecule has 0 radical (unpaired) electrons. The second-order valence-electron chi connectivity index (χ2n) is 3.51. The van der Waals surface area contributed by atoms with E-state index in [4.69, 9.17) is 20.6 Å². The normalized spacial score (nSPS) is 11.9. The van der Waals surface area contributed by atoms with E-state index in [1.54, 1.807) is 6.92 Å². The summed E-state index contributed by atoms with van der Waals surface area (Å²) in [5, 5.41) is 7.27. The Hall–Kier alpha value is -1.71. The molecule has 1 aromatic carbocycles. The minimum Gasteiger partial charge on any atom is -0.490 e. The largest absolute Gasteiger partial charge is 0.490 e. The highest BCUT2D eigenvalue weighted by atomic mass is 16.5. The first kappa shape index (κ1) is 12.4. The van der Waals surface area contributed by atoms with Gasteiger partial charge in [-0.15, -0.1) is 0 Å². The summed E-state index contributed by atoms with van der Waals surface area (Å²) in [6, 6.07) is 7.40. The van der Waals surface area contributed by atoms with Gasteiger partial charge < -0.3 is 15.2 Å². The summed E-state index contributed by atoms with van der Waals surface area (Å²) in [6.07, 6.45) is 0.503. The second-order valence-corrected chi connectivity index (χ2v) is 3.51. The Balaban J connectivity index is 2.74. The lowest BCUT2D eigenvalue weighted by molar-refractivity contribution is 0.250. The van der Waals surface area contributed by atoms with Crippen molar-refractivity contribution in [2.75, 3.05) is 6.61 Å². The Morgan fingerprint density at radius 1 is 1.38 bits per heavy atom. The van der Waals surface area contributed by atoms with Crippen molar-refractivity contribution in [1.82, 2.24) is 0 Å². The quantitative estimate of drug-likeness (QED) is 0.572. The highest BCUT2D eigenvalue weighted by Crippen LogP contribution is 2.27. The number of nitrogens with two attached hydrogens (primary N) is 1. The smallest absolute Gasteiger partial charge is 0.162 e. The Morgan fingerprint density at radius 3 is 2.56 bits per heavy atom. The molecule has 0 spiro atoms. The molecule has 88 valence electrons. The summed E-state index contributed by atoms with van der Waals surface area (Å²) in [5.41, 5.74) is 5.35. The molecule has 1 atom stereocenters. The molecular weight excluding hydrogens is 204 g/mol. The first-order valence-corrected chi connectivity index (χ1v) is 5.37. The summed E-state index contributed by atoms with van der Waals surface area (Å²) in [7, 11) is 0. The van der Waals surface area contributed by atoms with E-state index in [0.717, 1.165) is 6.42 Å². The molecule has 0 aliphatic carbocycles. The van der Waals surface area contributed by atoms with Crippen LogP contribution in [-0.4, -0.2) is 18.5 Å². The summed E-state index contributed by atoms with van der Waals surface area (Å²) in [5.74, 6) is 1.32. The highest BCUT2D eigenvalue weighted by molar-refractivity contribution is 5.81. The van der Waals surface area contributed by atoms with Crippen molar-refractivity contribution in [3.05, 3.63) is 24.3 Å². The highest BCUT2D eigenvalue weighted by Gasteiger charge is 2.10. The van der Waals surface area contributed by atoms with Gasteiger partial charge in [-0.3, -0.25) is 5.41 Å². The van der Waals surface area contributed by atoms with Gasteiger partial charge in [-0.05, 0) is 25.5 Å². The predicted molar refractivity (Wildman–Crippen MR) is 64.2 cm³/mol. The first-order chi connectivity index (χ1) is 7.65. The van der Waals surface area contributed by atoms with Crippen LogP contribution in [0.3, 0.4) is 0 Å². The van der Waals surface area contributed by atoms with Crippen LogP contribution in [0.5, 0.6) is 11.5 Å². The summed E-state index contributed by atoms with van der Waals surface area (Å²) >= 11 is 0. The van der Waals surface area contributed by atoms with Crippen LogP contribution in [0, 0.1) is 5.41 Å². The van der Waals surface area contributed by atoms with Crippen LogP contribution in [0.15, 0.2) is 24.3 Å². The van der Waals surface area contributed by atoms with Gasteiger partial charge in [0.05, 0.1) is 6.61 Å². The molecule has 1 rings (SSSR count). The maximum atomic E-state index is 7.27. The van der Waals surface area contributed by atoms with E-state index in [9.17, 15) is 0 Å². The van der Waals surface area contributed by atoms with Crippen molar-refractivity contribution < 1.29 is 9.47 Å². The fourth-order valence-corrected chi connectivity index (χ4v) is 1.13. The van der Waals surface area contributed by atoms with Gasteiger partial charge in [-0.1, -0.05) is 19.1 Å². The van der Waals surface area contributed by atoms with Crippen LogP contribution in [0.25, 0.3) is 0 Å². The second kappa shape index (κ2) is 6.00. The third kappa shape index (κ3) is 3.46. The Morgan fingerprint density at radius 2 is 2.00 bits per heavy atom. The molecule has 0 fully saturated rings. The van der Waals surface area contributed by atoms with Gasteiger partial charge in [0, 0.05) is 0 Å². The number of benzene rings is 1. The SMILES string of the molecule is CCCOc1ccccc1OC(C)C(=N)N. The molecule has 3 N–H and O–H groups in total. The lowest BCUT2D eigenvalue weighted by atomic mass is 10.3. The summed E-state index contributed by atoms with van der Waals surface area (Å²) < 4.78 is 11.1. The van der Waals surface area contributed by atoms with Crippen molar-refractivity contribution in [3.8, 4) is 11.5 Å². The molecule has 0 saturated heterocycles. The lowest BCUT2D eigenvalue weighted by Gasteiger charge is -2.16. The van der Waals surface area contributed by atoms with E-state index >= 15 is 0 Å². The first-order valence-electron chi connectivity index (χ1n) is 5.37. The molecule has 0 heterocycles. The van der Waals surface area contributed by atoms with Crippen molar-refractivity contribution >= 4 is 5.84 Å². The third-order valence-corrected chi connectivity index (χ3v) is 2.05. The van der Waals surface area contributed by atoms with Gasteiger partial charge >= 0.3 is 0 Å². The topological polar surface area (TPSA) is 68.3 Å². The fourth-order valence-electron chi connectivity index (χ4n) is 1.13. The number of nitrogens with one attached hydrogen (secondary N) is 1. The van der Waals surface area contributed by atoms with Gasteiger partial charge in [0.15, 0.2) is 17.6 Å². The van der Waals surface area contributed by atoms with Crippen LogP contribution in [0.2, 0.25) is 0 Å². The summed E-state index contributed by atoms with van der Waals surface area (Å²) in [6.45, 7) is 4.43. The number of hydrogen-bond donors (Lipinski definition) is 2. The number of amidine groups is 1. The van der Waals surface area contributed by atoms with Crippen molar-refractivity contribution in [2.24, 2.45) is 5.73 Å². The van der Waals surface area contributed by atoms with Crippen molar-refractivity contribution in [3.63, 3.8) is 0 Å². The minimum atomic E-state index is -0.439. The average Bonchev–Trinajstić information content (AvgIpc) is 2.27. The minimum absolute atomic E-state index is 0.00490. The van der Waals surface area contributed by atoms with Crippen LogP contribution >= 0.6 is 0 Å². The van der Waals surface area contributed by atoms with Crippen LogP contribution < -0.4 is 15.2 Å². The van der Waals surface area contributed by atoms with Gasteiger partial charge in [0.1, 0.15) is 5.84 Å². The molecule has 0 amide bonds. The number of ether oxygens (including phenoxy) is 2. The van der Waals surface area contributed by atoms with Crippen molar-refractivity contribution in [1.29, 1.82) is 5.41 Å². The molecular formula is C12H18N2O2. The fraction of sp³-hybridized carbons (Fsp3) is 0.417. The molecule has 0 saturated carbocycles. The zero-order valence-corrected chi connectivity index (χ0v) is 9.69. The van der Waals surface area contributed by atoms with Crippen molar-refractivity contribution in [2.45, 2.75) is 26.4 Å². The average molecular weight is 222 g/mol. The molecule has 4 heteroatoms. The number of para-hydroxylation sites is 2. The predicted octanol–water partition coefficient (Wildman–Crippen LogP) is 2.18. The molecule has 0 aliphatic rings. The molecule has 1 aromatic rings. The Labute approximate surface area is 95.9 Å². The standard InChI is InChI=1S/C12H18N2O2/c1-3-8-15-10-6-4-5-7-11(10)16-9(2)12(13)14/h4-7,9H,3,8H2,1-2H3,(H3,13,14). The maximum absolute atomic E-state index is 7.27. The third-order valence-electron chi connectivity index (χ3n) is 2.05. The molecule has 0 aromatic heterocycles. The van der Waals surface area contributed by atoms with E-state index in [0.29, 0.717) is 18.1 Å². The zero-order chi connectivity index (χ0) is 12.0. The van der Waals surface area contributed by atoms with Crippen LogP contribution in [0.4, 0.5) is 0 Å². The monoisotopic (exact) mass is 222 g/mol. The maximum Gasteiger partial charge on any atom is 0.162 e. The molecule has 16 heavy (non-hydrogen) atoms. The van der Waals surface area contributed by atoms with Gasteiger partial charge in [0.2, 0.25) is 0 Å². The summed E-state index contributed by atoms with van der Waals surface area (Å²) in [4.78, 5) is 0. The number of rotatable bonds is 6. The van der Waals surface area contributed by atoms with E-state index in [2.05, 4.69) is 0 Å². The van der Waals surface area contributed by atoms with Gasteiger partial charge in [-0.25, -0.2) is 0 Å². The van der Waals surface area contributed by atoms with Gasteiger partial charge in [-0.2, -0.15) is 0 Å². The zero-order valence-electron chi connectivity index (χ0n) is 9.69. The van der Waals surface area contributed by atoms with E-state index in [-0.39, 0.29) is 5.84 Å². The molecule has 0 aliphatic heterocycles. The van der Waals surface area contributed by atoms with Crippen LogP contribution in [-0.2, 0) is 0 Å². The Bertz CT molecular complexity index is 353. The number of hydrogen-bond acceptors (Lipinski definition) is 3. The molecule has 0 bridgehead atoms. The lowest BCUT2D eigenvalue weighted by Crippen LogP contribution is -2.30. The van der Waals surface area contributed by atoms with Crippen LogP contribution in [0.1, 0.15) is 20.3 Å². The Kier molecular flexibility index (Phi) is 4.64.